The molecule has 26 heavy (non-hydrogen) atoms. The van der Waals surface area contributed by atoms with Crippen LogP contribution in [0.15, 0.2) is 46.9 Å². The van der Waals surface area contributed by atoms with Gasteiger partial charge in [-0.2, -0.15) is 0 Å². The maximum atomic E-state index is 12.1. The van der Waals surface area contributed by atoms with Gasteiger partial charge in [-0.15, -0.1) is 0 Å². The molecule has 0 aliphatic carbocycles. The van der Waals surface area contributed by atoms with Crippen LogP contribution in [0.2, 0.25) is 0 Å². The van der Waals surface area contributed by atoms with Gasteiger partial charge in [0.15, 0.2) is 6.61 Å². The quantitative estimate of drug-likeness (QED) is 0.673. The van der Waals surface area contributed by atoms with Crippen molar-refractivity contribution in [3.8, 4) is 11.5 Å². The average Bonchev–Trinajstić information content (AvgIpc) is 2.64. The topological polar surface area (TPSA) is 76.7 Å². The van der Waals surface area contributed by atoms with Gasteiger partial charge in [0, 0.05) is 5.56 Å². The molecule has 0 atom stereocenters. The summed E-state index contributed by atoms with van der Waals surface area (Å²) in [7, 11) is 0. The van der Waals surface area contributed by atoms with Crippen molar-refractivity contribution < 1.29 is 19.1 Å². The first kappa shape index (κ1) is 19.8. The number of ether oxygens (including phenoxy) is 2. The van der Waals surface area contributed by atoms with E-state index in [0.717, 1.165) is 16.5 Å². The molecular formula is C19H21BrN2O4. The van der Waals surface area contributed by atoms with Gasteiger partial charge >= 0.3 is 0 Å². The van der Waals surface area contributed by atoms with Crippen molar-refractivity contribution in [2.75, 3.05) is 13.2 Å². The van der Waals surface area contributed by atoms with Gasteiger partial charge in [0.25, 0.3) is 11.8 Å². The third-order valence-electron chi connectivity index (χ3n) is 3.33. The normalized spacial score (nSPS) is 10.1. The zero-order valence-electron chi connectivity index (χ0n) is 14.7. The summed E-state index contributed by atoms with van der Waals surface area (Å²) in [5.74, 6) is 0.261. The molecule has 2 amide bonds. The van der Waals surface area contributed by atoms with E-state index in [-0.39, 0.29) is 6.61 Å². The standard InChI is InChI=1S/C19H21BrN2O4/c1-3-9-25-15-6-4-5-14(11-15)19(24)22-21-18(23)12-26-17-8-7-13(2)10-16(17)20/h4-8,10-11H,3,9,12H2,1-2H3,(H,21,23)(H,22,24). The fourth-order valence-corrected chi connectivity index (χ4v) is 2.66. The molecule has 138 valence electrons. The van der Waals surface area contributed by atoms with Gasteiger partial charge in [-0.3, -0.25) is 20.4 Å². The van der Waals surface area contributed by atoms with Crippen LogP contribution in [0.25, 0.3) is 0 Å². The van der Waals surface area contributed by atoms with Crippen molar-refractivity contribution >= 4 is 27.7 Å². The zero-order valence-corrected chi connectivity index (χ0v) is 16.3. The van der Waals surface area contributed by atoms with Crippen LogP contribution in [-0.2, 0) is 4.79 Å². The lowest BCUT2D eigenvalue weighted by Crippen LogP contribution is -2.43. The van der Waals surface area contributed by atoms with Crippen LogP contribution in [-0.4, -0.2) is 25.0 Å². The summed E-state index contributed by atoms with van der Waals surface area (Å²) in [6.07, 6.45) is 0.879. The van der Waals surface area contributed by atoms with E-state index in [4.69, 9.17) is 9.47 Å². The van der Waals surface area contributed by atoms with Crippen LogP contribution < -0.4 is 20.3 Å². The Morgan fingerprint density at radius 2 is 1.88 bits per heavy atom. The molecule has 0 aromatic heterocycles. The molecule has 0 fully saturated rings. The molecule has 0 unspecified atom stereocenters. The number of aryl methyl sites for hydroxylation is 1. The monoisotopic (exact) mass is 420 g/mol. The Kier molecular flexibility index (Phi) is 7.47. The number of hydrazine groups is 1. The molecule has 0 aliphatic heterocycles. The molecule has 0 bridgehead atoms. The largest absolute Gasteiger partial charge is 0.494 e. The second-order valence-electron chi connectivity index (χ2n) is 5.60. The number of hydrogen-bond acceptors (Lipinski definition) is 4. The van der Waals surface area contributed by atoms with Crippen LogP contribution in [0.3, 0.4) is 0 Å². The summed E-state index contributed by atoms with van der Waals surface area (Å²) in [5.41, 5.74) is 6.15. The molecule has 0 radical (unpaired) electrons. The smallest absolute Gasteiger partial charge is 0.276 e. The van der Waals surface area contributed by atoms with Gasteiger partial charge in [-0.25, -0.2) is 0 Å². The van der Waals surface area contributed by atoms with Crippen LogP contribution in [0, 0.1) is 6.92 Å². The molecule has 0 saturated heterocycles. The summed E-state index contributed by atoms with van der Waals surface area (Å²) in [5, 5.41) is 0. The van der Waals surface area contributed by atoms with Crippen molar-refractivity contribution in [3.05, 3.63) is 58.1 Å². The van der Waals surface area contributed by atoms with Crippen molar-refractivity contribution in [2.24, 2.45) is 0 Å². The first-order valence-electron chi connectivity index (χ1n) is 8.20. The maximum Gasteiger partial charge on any atom is 0.276 e. The van der Waals surface area contributed by atoms with E-state index in [1.165, 1.54) is 0 Å². The molecule has 2 rings (SSSR count). The SMILES string of the molecule is CCCOc1cccc(C(=O)NNC(=O)COc2ccc(C)cc2Br)c1. The molecule has 0 spiro atoms. The Morgan fingerprint density at radius 1 is 1.08 bits per heavy atom. The zero-order chi connectivity index (χ0) is 18.9. The van der Waals surface area contributed by atoms with Crippen molar-refractivity contribution in [1.82, 2.24) is 10.9 Å². The summed E-state index contributed by atoms with van der Waals surface area (Å²) in [4.78, 5) is 24.0. The van der Waals surface area contributed by atoms with Gasteiger partial charge in [0.1, 0.15) is 11.5 Å². The second-order valence-corrected chi connectivity index (χ2v) is 6.46. The summed E-state index contributed by atoms with van der Waals surface area (Å²) >= 11 is 3.38. The van der Waals surface area contributed by atoms with Crippen LogP contribution in [0.4, 0.5) is 0 Å². The first-order valence-corrected chi connectivity index (χ1v) is 9.00. The fourth-order valence-electron chi connectivity index (χ4n) is 2.05. The molecule has 0 saturated carbocycles. The summed E-state index contributed by atoms with van der Waals surface area (Å²) in [6.45, 7) is 4.32. The number of hydrogen-bond donors (Lipinski definition) is 2. The Balaban J connectivity index is 1.82. The Bertz CT molecular complexity index is 780. The van der Waals surface area contributed by atoms with Gasteiger partial charge in [-0.05, 0) is 65.2 Å². The lowest BCUT2D eigenvalue weighted by molar-refractivity contribution is -0.123. The van der Waals surface area contributed by atoms with Crippen molar-refractivity contribution in [3.63, 3.8) is 0 Å². The fraction of sp³-hybridized carbons (Fsp3) is 0.263. The van der Waals surface area contributed by atoms with Gasteiger partial charge in [0.05, 0.1) is 11.1 Å². The molecule has 6 nitrogen and oxygen atoms in total. The van der Waals surface area contributed by atoms with E-state index < -0.39 is 11.8 Å². The van der Waals surface area contributed by atoms with Gasteiger partial charge < -0.3 is 9.47 Å². The number of halogens is 1. The van der Waals surface area contributed by atoms with E-state index in [2.05, 4.69) is 26.8 Å². The minimum atomic E-state index is -0.468. The lowest BCUT2D eigenvalue weighted by atomic mass is 10.2. The van der Waals surface area contributed by atoms with E-state index in [1.54, 1.807) is 30.3 Å². The highest BCUT2D eigenvalue weighted by Gasteiger charge is 2.10. The molecule has 2 aromatic carbocycles. The number of nitrogens with one attached hydrogen (secondary N) is 2. The lowest BCUT2D eigenvalue weighted by Gasteiger charge is -2.11. The number of carbonyl (C=O) groups is 2. The first-order chi connectivity index (χ1) is 12.5. The van der Waals surface area contributed by atoms with Crippen LogP contribution in [0.1, 0.15) is 29.3 Å². The Hall–Kier alpha value is -2.54. The third kappa shape index (κ3) is 6.07. The maximum absolute atomic E-state index is 12.1. The van der Waals surface area contributed by atoms with Gasteiger partial charge in [0.2, 0.25) is 0 Å². The Morgan fingerprint density at radius 3 is 2.62 bits per heavy atom. The predicted octanol–water partition coefficient (Wildman–Crippen LogP) is 3.39. The molecule has 2 N–H and O–H groups in total. The molecular weight excluding hydrogens is 400 g/mol. The minimum Gasteiger partial charge on any atom is -0.494 e. The molecule has 2 aromatic rings. The molecule has 0 heterocycles. The number of carbonyl (C=O) groups excluding carboxylic acids is 2. The van der Waals surface area contributed by atoms with Crippen molar-refractivity contribution in [1.29, 1.82) is 0 Å². The van der Waals surface area contributed by atoms with E-state index in [0.29, 0.717) is 23.7 Å². The highest BCUT2D eigenvalue weighted by Crippen LogP contribution is 2.25. The number of rotatable bonds is 7. The Labute approximate surface area is 161 Å². The average molecular weight is 421 g/mol. The molecule has 0 aliphatic rings. The van der Waals surface area contributed by atoms with Gasteiger partial charge in [-0.1, -0.05) is 19.1 Å². The minimum absolute atomic E-state index is 0.221. The predicted molar refractivity (Wildman–Crippen MR) is 102 cm³/mol. The van der Waals surface area contributed by atoms with Crippen LogP contribution >= 0.6 is 15.9 Å². The van der Waals surface area contributed by atoms with E-state index in [1.807, 2.05) is 26.0 Å². The highest BCUT2D eigenvalue weighted by atomic mass is 79.9. The highest BCUT2D eigenvalue weighted by molar-refractivity contribution is 9.10. The molecule has 7 heteroatoms. The number of benzene rings is 2. The van der Waals surface area contributed by atoms with Crippen molar-refractivity contribution in [2.45, 2.75) is 20.3 Å². The number of amides is 2. The van der Waals surface area contributed by atoms with E-state index >= 15 is 0 Å². The van der Waals surface area contributed by atoms with E-state index in [9.17, 15) is 9.59 Å². The summed E-state index contributed by atoms with van der Waals surface area (Å²) in [6, 6.07) is 12.3. The second kappa shape index (κ2) is 9.82. The third-order valence-corrected chi connectivity index (χ3v) is 3.95. The van der Waals surface area contributed by atoms with Crippen LogP contribution in [0.5, 0.6) is 11.5 Å². The summed E-state index contributed by atoms with van der Waals surface area (Å²) < 4.78 is 11.7.